The number of carbonyl (C=O) groups excluding carboxylic acids is 2. The maximum absolute atomic E-state index is 14.9. The maximum atomic E-state index is 14.9. The Hall–Kier alpha value is -3.63. The van der Waals surface area contributed by atoms with Gasteiger partial charge in [-0.15, -0.1) is 0 Å². The monoisotopic (exact) mass is 603 g/mol. The molecule has 0 spiro atoms. The van der Waals surface area contributed by atoms with E-state index in [4.69, 9.17) is 16.3 Å². The summed E-state index contributed by atoms with van der Waals surface area (Å²) >= 11 is 6.17. The molecule has 0 aliphatic heterocycles. The van der Waals surface area contributed by atoms with Crippen LogP contribution in [0.15, 0.2) is 72.8 Å². The van der Waals surface area contributed by atoms with E-state index < -0.39 is 40.2 Å². The summed E-state index contributed by atoms with van der Waals surface area (Å²) in [6.07, 6.45) is 1.74. The number of ether oxygens (including phenoxy) is 1. The lowest BCUT2D eigenvalue weighted by atomic mass is 10.0. The predicted octanol–water partition coefficient (Wildman–Crippen LogP) is 4.81. The van der Waals surface area contributed by atoms with Gasteiger partial charge in [-0.05, 0) is 43.2 Å². The highest BCUT2D eigenvalue weighted by Crippen LogP contribution is 2.33. The summed E-state index contributed by atoms with van der Waals surface area (Å²) in [5, 5.41) is 3.17. The molecule has 0 aromatic heterocycles. The van der Waals surface area contributed by atoms with Crippen molar-refractivity contribution < 1.29 is 27.1 Å². The summed E-state index contributed by atoms with van der Waals surface area (Å²) in [6, 6.07) is 18.2. The maximum Gasteiger partial charge on any atom is 0.244 e. The Bertz CT molecular complexity index is 1460. The molecule has 2 amide bonds. The summed E-state index contributed by atoms with van der Waals surface area (Å²) in [4.78, 5) is 29.0. The number of anilines is 1. The van der Waals surface area contributed by atoms with Crippen LogP contribution in [0.4, 0.5) is 10.1 Å². The minimum absolute atomic E-state index is 0.0605. The minimum Gasteiger partial charge on any atom is -0.495 e. The van der Waals surface area contributed by atoms with Gasteiger partial charge in [0.15, 0.2) is 0 Å². The Kier molecular flexibility index (Phi) is 11.1. The van der Waals surface area contributed by atoms with Crippen molar-refractivity contribution in [2.75, 3.05) is 24.2 Å². The fraction of sp³-hybridized carbons (Fsp3) is 0.333. The quantitative estimate of drug-likeness (QED) is 0.303. The van der Waals surface area contributed by atoms with Gasteiger partial charge in [0.2, 0.25) is 21.8 Å². The van der Waals surface area contributed by atoms with Crippen LogP contribution in [-0.2, 0) is 32.6 Å². The Morgan fingerprint density at radius 3 is 2.32 bits per heavy atom. The first-order valence-electron chi connectivity index (χ1n) is 13.1. The van der Waals surface area contributed by atoms with Crippen molar-refractivity contribution in [2.45, 2.75) is 45.3 Å². The lowest BCUT2D eigenvalue weighted by Crippen LogP contribution is -2.54. The zero-order chi connectivity index (χ0) is 30.2. The topological polar surface area (TPSA) is 96.0 Å². The van der Waals surface area contributed by atoms with E-state index in [-0.39, 0.29) is 41.0 Å². The highest BCUT2D eigenvalue weighted by Gasteiger charge is 2.34. The number of rotatable bonds is 13. The molecule has 0 saturated heterocycles. The summed E-state index contributed by atoms with van der Waals surface area (Å²) in [7, 11) is -2.66. The summed E-state index contributed by atoms with van der Waals surface area (Å²) in [5.41, 5.74) is 1.02. The van der Waals surface area contributed by atoms with E-state index in [0.29, 0.717) is 6.42 Å². The SMILES string of the molecule is CC[C@@H](C)NC(=O)[C@@H](Cc1ccccc1)N(Cc1ccccc1F)C(=O)CN(c1cc(Cl)ccc1OC)S(C)(=O)=O. The molecule has 2 atom stereocenters. The molecule has 8 nitrogen and oxygen atoms in total. The van der Waals surface area contributed by atoms with E-state index in [0.717, 1.165) is 16.1 Å². The van der Waals surface area contributed by atoms with Crippen molar-refractivity contribution in [1.29, 1.82) is 0 Å². The van der Waals surface area contributed by atoms with Crippen LogP contribution in [0.2, 0.25) is 5.02 Å². The van der Waals surface area contributed by atoms with Crippen molar-refractivity contribution in [3.63, 3.8) is 0 Å². The Balaban J connectivity index is 2.11. The highest BCUT2D eigenvalue weighted by molar-refractivity contribution is 7.92. The molecular formula is C30H35ClFN3O5S. The first-order valence-corrected chi connectivity index (χ1v) is 15.4. The summed E-state index contributed by atoms with van der Waals surface area (Å²) in [5.74, 6) is -1.51. The number of nitrogens with zero attached hydrogens (tertiary/aromatic N) is 2. The van der Waals surface area contributed by atoms with Crippen molar-refractivity contribution in [3.05, 3.63) is 94.8 Å². The van der Waals surface area contributed by atoms with Crippen LogP contribution >= 0.6 is 11.6 Å². The summed E-state index contributed by atoms with van der Waals surface area (Å²) in [6.45, 7) is 2.83. The van der Waals surface area contributed by atoms with Crippen LogP contribution in [-0.4, -0.2) is 57.1 Å². The molecule has 1 N–H and O–H groups in total. The third-order valence-electron chi connectivity index (χ3n) is 6.66. The van der Waals surface area contributed by atoms with Crippen LogP contribution in [0.1, 0.15) is 31.4 Å². The molecule has 0 radical (unpaired) electrons. The number of hydrogen-bond donors (Lipinski definition) is 1. The molecular weight excluding hydrogens is 569 g/mol. The number of halogens is 2. The van der Waals surface area contributed by atoms with E-state index in [1.807, 2.05) is 44.2 Å². The number of hydrogen-bond acceptors (Lipinski definition) is 5. The molecule has 11 heteroatoms. The zero-order valence-electron chi connectivity index (χ0n) is 23.5. The average molecular weight is 604 g/mol. The predicted molar refractivity (Wildman–Crippen MR) is 159 cm³/mol. The Morgan fingerprint density at radius 1 is 1.05 bits per heavy atom. The van der Waals surface area contributed by atoms with Gasteiger partial charge in [0, 0.05) is 29.6 Å². The minimum atomic E-state index is -4.03. The third-order valence-corrected chi connectivity index (χ3v) is 8.02. The van der Waals surface area contributed by atoms with E-state index in [9.17, 15) is 22.4 Å². The van der Waals surface area contributed by atoms with Gasteiger partial charge in [-0.2, -0.15) is 0 Å². The fourth-order valence-corrected chi connectivity index (χ4v) is 5.27. The van der Waals surface area contributed by atoms with Crippen LogP contribution in [0.3, 0.4) is 0 Å². The van der Waals surface area contributed by atoms with Gasteiger partial charge in [0.1, 0.15) is 24.2 Å². The largest absolute Gasteiger partial charge is 0.495 e. The molecule has 0 aliphatic rings. The van der Waals surface area contributed by atoms with E-state index in [2.05, 4.69) is 5.32 Å². The van der Waals surface area contributed by atoms with Crippen LogP contribution < -0.4 is 14.4 Å². The van der Waals surface area contributed by atoms with Crippen LogP contribution in [0.5, 0.6) is 5.75 Å². The molecule has 3 rings (SSSR count). The molecule has 3 aromatic rings. The molecule has 0 heterocycles. The van der Waals surface area contributed by atoms with E-state index in [1.54, 1.807) is 6.07 Å². The second-order valence-corrected chi connectivity index (χ2v) is 12.1. The van der Waals surface area contributed by atoms with Gasteiger partial charge in [0.25, 0.3) is 0 Å². The van der Waals surface area contributed by atoms with Crippen LogP contribution in [0.25, 0.3) is 0 Å². The molecule has 0 fully saturated rings. The van der Waals surface area contributed by atoms with Gasteiger partial charge in [-0.1, -0.05) is 67.1 Å². The molecule has 0 bridgehead atoms. The van der Waals surface area contributed by atoms with Crippen molar-refractivity contribution in [2.24, 2.45) is 0 Å². The van der Waals surface area contributed by atoms with E-state index in [1.165, 1.54) is 48.4 Å². The zero-order valence-corrected chi connectivity index (χ0v) is 25.1. The first-order chi connectivity index (χ1) is 19.4. The van der Waals surface area contributed by atoms with Crippen LogP contribution in [0, 0.1) is 5.82 Å². The standard InChI is InChI=1S/C30H35ClFN3O5S/c1-5-21(2)33-30(37)27(17-22-11-7-6-8-12-22)34(19-23-13-9-10-14-25(23)32)29(36)20-35(41(4,38)39)26-18-24(31)15-16-28(26)40-3/h6-16,18,21,27H,5,17,19-20H2,1-4H3,(H,33,37)/t21-,27-/m1/s1. The van der Waals surface area contributed by atoms with Crippen molar-refractivity contribution in [3.8, 4) is 5.75 Å². The second kappa shape index (κ2) is 14.3. The van der Waals surface area contributed by atoms with Gasteiger partial charge < -0.3 is 15.0 Å². The number of benzene rings is 3. The number of methoxy groups -OCH3 is 1. The average Bonchev–Trinajstić information content (AvgIpc) is 2.94. The first kappa shape index (κ1) is 31.9. The molecule has 220 valence electrons. The van der Waals surface area contributed by atoms with Gasteiger partial charge in [0.05, 0.1) is 19.1 Å². The molecule has 3 aromatic carbocycles. The van der Waals surface area contributed by atoms with Gasteiger partial charge in [-0.25, -0.2) is 12.8 Å². The Morgan fingerprint density at radius 2 is 1.71 bits per heavy atom. The molecule has 0 saturated carbocycles. The van der Waals surface area contributed by atoms with Gasteiger partial charge >= 0.3 is 0 Å². The van der Waals surface area contributed by atoms with E-state index >= 15 is 0 Å². The Labute approximate surface area is 246 Å². The molecule has 0 aliphatic carbocycles. The highest BCUT2D eigenvalue weighted by atomic mass is 35.5. The van der Waals surface area contributed by atoms with Crippen molar-refractivity contribution in [1.82, 2.24) is 10.2 Å². The molecule has 41 heavy (non-hydrogen) atoms. The smallest absolute Gasteiger partial charge is 0.244 e. The second-order valence-electron chi connectivity index (χ2n) is 9.72. The normalized spacial score (nSPS) is 12.7. The lowest BCUT2D eigenvalue weighted by Gasteiger charge is -2.34. The number of sulfonamides is 1. The summed E-state index contributed by atoms with van der Waals surface area (Å²) < 4.78 is 47.0. The third kappa shape index (κ3) is 8.68. The number of nitrogens with one attached hydrogen (secondary N) is 1. The van der Waals surface area contributed by atoms with Gasteiger partial charge in [-0.3, -0.25) is 13.9 Å². The number of carbonyl (C=O) groups is 2. The lowest BCUT2D eigenvalue weighted by molar-refractivity contribution is -0.140. The van der Waals surface area contributed by atoms with Crippen molar-refractivity contribution >= 4 is 39.1 Å². The fourth-order valence-electron chi connectivity index (χ4n) is 4.26. The number of amides is 2. The molecule has 0 unspecified atom stereocenters.